The molecule has 0 aromatic carbocycles. The Bertz CT molecular complexity index is 290. The van der Waals surface area contributed by atoms with E-state index >= 15 is 0 Å². The van der Waals surface area contributed by atoms with Crippen LogP contribution in [0.2, 0.25) is 0 Å². The zero-order valence-electron chi connectivity index (χ0n) is 8.48. The molecule has 0 spiro atoms. The predicted octanol–water partition coefficient (Wildman–Crippen LogP) is -0.327. The number of ether oxygens (including phenoxy) is 1. The van der Waals surface area contributed by atoms with Crippen molar-refractivity contribution in [1.82, 2.24) is 10.3 Å². The molecule has 0 aliphatic rings. The maximum atomic E-state index is 10.3. The molecule has 1 amide bonds. The van der Waals surface area contributed by atoms with Gasteiger partial charge in [-0.1, -0.05) is 0 Å². The number of nitrogens with zero attached hydrogens (tertiary/aromatic N) is 1. The number of nitrogens with two attached hydrogens (primary N) is 1. The van der Waals surface area contributed by atoms with E-state index in [9.17, 15) is 4.79 Å². The summed E-state index contributed by atoms with van der Waals surface area (Å²) in [4.78, 5) is 14.2. The first-order chi connectivity index (χ1) is 7.29. The van der Waals surface area contributed by atoms with Gasteiger partial charge in [-0.2, -0.15) is 0 Å². The van der Waals surface area contributed by atoms with Gasteiger partial charge in [0.2, 0.25) is 5.91 Å². The Kier molecular flexibility index (Phi) is 5.35. The number of carbonyl (C=O) groups excluding carboxylic acids is 1. The molecule has 1 rings (SSSR count). The van der Waals surface area contributed by atoms with Gasteiger partial charge < -0.3 is 15.8 Å². The van der Waals surface area contributed by atoms with Crippen molar-refractivity contribution < 1.29 is 9.53 Å². The molecule has 0 unspecified atom stereocenters. The molecule has 0 saturated carbocycles. The first kappa shape index (κ1) is 11.6. The van der Waals surface area contributed by atoms with Gasteiger partial charge in [-0.3, -0.25) is 9.78 Å². The van der Waals surface area contributed by atoms with E-state index in [2.05, 4.69) is 10.3 Å². The molecule has 0 saturated heterocycles. The van der Waals surface area contributed by atoms with Crippen LogP contribution in [0.3, 0.4) is 0 Å². The molecule has 3 N–H and O–H groups in total. The third-order valence-electron chi connectivity index (χ3n) is 1.75. The lowest BCUT2D eigenvalue weighted by molar-refractivity contribution is -0.122. The number of primary amides is 1. The van der Waals surface area contributed by atoms with Crippen LogP contribution in [0.1, 0.15) is 5.56 Å². The third-order valence-corrected chi connectivity index (χ3v) is 1.75. The number of aromatic nitrogens is 1. The second-order valence-corrected chi connectivity index (χ2v) is 3.05. The zero-order valence-corrected chi connectivity index (χ0v) is 8.48. The summed E-state index contributed by atoms with van der Waals surface area (Å²) in [5.41, 5.74) is 6.07. The highest BCUT2D eigenvalue weighted by Gasteiger charge is 1.94. The Labute approximate surface area is 88.6 Å². The maximum absolute atomic E-state index is 10.3. The fourth-order valence-corrected chi connectivity index (χ4v) is 1.05. The second kappa shape index (κ2) is 6.92. The molecule has 82 valence electrons. The van der Waals surface area contributed by atoms with E-state index in [0.717, 1.165) is 6.54 Å². The summed E-state index contributed by atoms with van der Waals surface area (Å²) < 4.78 is 4.98. The molecule has 5 nitrogen and oxygen atoms in total. The molecule has 1 aromatic rings. The van der Waals surface area contributed by atoms with Crippen molar-refractivity contribution >= 4 is 5.91 Å². The van der Waals surface area contributed by atoms with Crippen molar-refractivity contribution in [1.29, 1.82) is 0 Å². The Balaban J connectivity index is 2.00. The van der Waals surface area contributed by atoms with Crippen molar-refractivity contribution in [2.45, 2.75) is 6.54 Å². The number of hydrogen-bond donors (Lipinski definition) is 2. The van der Waals surface area contributed by atoms with Gasteiger partial charge in [0, 0.05) is 25.5 Å². The fraction of sp³-hybridized carbons (Fsp3) is 0.400. The van der Waals surface area contributed by atoms with E-state index in [4.69, 9.17) is 10.5 Å². The highest BCUT2D eigenvalue weighted by Crippen LogP contribution is 1.93. The van der Waals surface area contributed by atoms with E-state index in [1.54, 1.807) is 12.4 Å². The van der Waals surface area contributed by atoms with E-state index in [0.29, 0.717) is 13.2 Å². The van der Waals surface area contributed by atoms with Gasteiger partial charge in [0.25, 0.3) is 0 Å². The lowest BCUT2D eigenvalue weighted by Gasteiger charge is -2.04. The molecule has 5 heteroatoms. The van der Waals surface area contributed by atoms with E-state index < -0.39 is 5.91 Å². The molecule has 0 aliphatic heterocycles. The Morgan fingerprint density at radius 1 is 1.47 bits per heavy atom. The average molecular weight is 209 g/mol. The van der Waals surface area contributed by atoms with Gasteiger partial charge in [-0.25, -0.2) is 0 Å². The van der Waals surface area contributed by atoms with Crippen LogP contribution >= 0.6 is 0 Å². The van der Waals surface area contributed by atoms with Crippen LogP contribution < -0.4 is 11.1 Å². The van der Waals surface area contributed by atoms with Gasteiger partial charge in [0.15, 0.2) is 0 Å². The van der Waals surface area contributed by atoms with Crippen molar-refractivity contribution in [2.24, 2.45) is 5.73 Å². The average Bonchev–Trinajstić information content (AvgIpc) is 2.24. The van der Waals surface area contributed by atoms with Gasteiger partial charge in [0.05, 0.1) is 6.61 Å². The largest absolute Gasteiger partial charge is 0.370 e. The molecular weight excluding hydrogens is 194 g/mol. The number of nitrogens with one attached hydrogen (secondary N) is 1. The van der Waals surface area contributed by atoms with Crippen molar-refractivity contribution in [3.63, 3.8) is 0 Å². The standard InChI is InChI=1S/C10H15N3O2/c11-10(14)8-15-6-5-13-7-9-1-3-12-4-2-9/h1-4,13H,5-8H2,(H2,11,14). The quantitative estimate of drug-likeness (QED) is 0.603. The van der Waals surface area contributed by atoms with Crippen LogP contribution in [0, 0.1) is 0 Å². The summed E-state index contributed by atoms with van der Waals surface area (Å²) in [5, 5.41) is 3.17. The number of amides is 1. The first-order valence-electron chi connectivity index (χ1n) is 4.74. The molecule has 1 aromatic heterocycles. The number of carbonyl (C=O) groups is 1. The van der Waals surface area contributed by atoms with Crippen LogP contribution in [0.25, 0.3) is 0 Å². The predicted molar refractivity (Wildman–Crippen MR) is 56.0 cm³/mol. The van der Waals surface area contributed by atoms with Crippen LogP contribution in [-0.2, 0) is 16.1 Å². The van der Waals surface area contributed by atoms with E-state index in [1.165, 1.54) is 5.56 Å². The molecule has 0 bridgehead atoms. The molecule has 0 aliphatic carbocycles. The summed E-state index contributed by atoms with van der Waals surface area (Å²) in [7, 11) is 0. The summed E-state index contributed by atoms with van der Waals surface area (Å²) in [5.74, 6) is -0.441. The van der Waals surface area contributed by atoms with Crippen LogP contribution in [0.5, 0.6) is 0 Å². The Morgan fingerprint density at radius 2 is 2.20 bits per heavy atom. The monoisotopic (exact) mass is 209 g/mol. The molecule has 0 atom stereocenters. The molecule has 15 heavy (non-hydrogen) atoms. The van der Waals surface area contributed by atoms with E-state index in [-0.39, 0.29) is 6.61 Å². The summed E-state index contributed by atoms with van der Waals surface area (Å²) in [6.45, 7) is 1.92. The van der Waals surface area contributed by atoms with E-state index in [1.807, 2.05) is 12.1 Å². The third kappa shape index (κ3) is 5.77. The molecule has 0 fully saturated rings. The Hall–Kier alpha value is -1.46. The molecule has 0 radical (unpaired) electrons. The highest BCUT2D eigenvalue weighted by atomic mass is 16.5. The minimum Gasteiger partial charge on any atom is -0.370 e. The second-order valence-electron chi connectivity index (χ2n) is 3.05. The normalized spacial score (nSPS) is 10.1. The maximum Gasteiger partial charge on any atom is 0.243 e. The van der Waals surface area contributed by atoms with Crippen molar-refractivity contribution in [3.05, 3.63) is 30.1 Å². The smallest absolute Gasteiger partial charge is 0.243 e. The first-order valence-corrected chi connectivity index (χ1v) is 4.74. The van der Waals surface area contributed by atoms with Crippen molar-refractivity contribution in [3.8, 4) is 0 Å². The highest BCUT2D eigenvalue weighted by molar-refractivity contribution is 5.74. The summed E-state index contributed by atoms with van der Waals surface area (Å²) in [6.07, 6.45) is 3.50. The topological polar surface area (TPSA) is 77.2 Å². The number of rotatable bonds is 7. The van der Waals surface area contributed by atoms with Gasteiger partial charge >= 0.3 is 0 Å². The number of hydrogen-bond acceptors (Lipinski definition) is 4. The number of pyridine rings is 1. The lowest BCUT2D eigenvalue weighted by atomic mass is 10.3. The van der Waals surface area contributed by atoms with Gasteiger partial charge in [-0.15, -0.1) is 0 Å². The van der Waals surface area contributed by atoms with Gasteiger partial charge in [-0.05, 0) is 17.7 Å². The fourth-order valence-electron chi connectivity index (χ4n) is 1.05. The SMILES string of the molecule is NC(=O)COCCNCc1ccncc1. The van der Waals surface area contributed by atoms with Crippen molar-refractivity contribution in [2.75, 3.05) is 19.8 Å². The molecule has 1 heterocycles. The minimum absolute atomic E-state index is 0.0169. The van der Waals surface area contributed by atoms with Crippen LogP contribution in [0.15, 0.2) is 24.5 Å². The van der Waals surface area contributed by atoms with Crippen LogP contribution in [-0.4, -0.2) is 30.6 Å². The minimum atomic E-state index is -0.441. The Morgan fingerprint density at radius 3 is 2.87 bits per heavy atom. The molecular formula is C10H15N3O2. The van der Waals surface area contributed by atoms with Crippen LogP contribution in [0.4, 0.5) is 0 Å². The lowest BCUT2D eigenvalue weighted by Crippen LogP contribution is -2.23. The zero-order chi connectivity index (χ0) is 10.9. The summed E-state index contributed by atoms with van der Waals surface area (Å²) >= 11 is 0. The summed E-state index contributed by atoms with van der Waals surface area (Å²) in [6, 6.07) is 3.88. The van der Waals surface area contributed by atoms with Gasteiger partial charge in [0.1, 0.15) is 6.61 Å².